The van der Waals surface area contributed by atoms with Crippen LogP contribution in [0.5, 0.6) is 23.0 Å². The summed E-state index contributed by atoms with van der Waals surface area (Å²) in [6.45, 7) is 1.94. The Morgan fingerprint density at radius 1 is 0.867 bits per heavy atom. The number of hydrogen-bond acceptors (Lipinski definition) is 10. The molecule has 2 unspecified atom stereocenters. The predicted octanol–water partition coefficient (Wildman–Crippen LogP) is 5.18. The van der Waals surface area contributed by atoms with Gasteiger partial charge in [-0.25, -0.2) is 5.09 Å². The van der Waals surface area contributed by atoms with Gasteiger partial charge in [0.1, 0.15) is 19.0 Å². The van der Waals surface area contributed by atoms with Gasteiger partial charge in [0.25, 0.3) is 0 Å². The molecule has 1 saturated heterocycles. The Morgan fingerprint density at radius 2 is 1.49 bits per heavy atom. The molecular formula is C33H40NO10P. The van der Waals surface area contributed by atoms with Crippen LogP contribution in [0.1, 0.15) is 23.6 Å². The summed E-state index contributed by atoms with van der Waals surface area (Å²) >= 11 is 0. The molecule has 1 aliphatic heterocycles. The number of ether oxygens (including phenoxy) is 6. The summed E-state index contributed by atoms with van der Waals surface area (Å²) < 4.78 is 52.0. The molecule has 0 spiro atoms. The van der Waals surface area contributed by atoms with Gasteiger partial charge in [0.05, 0.1) is 33.9 Å². The number of benzene rings is 3. The molecule has 0 amide bonds. The van der Waals surface area contributed by atoms with E-state index in [-0.39, 0.29) is 36.5 Å². The summed E-state index contributed by atoms with van der Waals surface area (Å²) in [5.74, 6) is 0.478. The maximum atomic E-state index is 13.7. The van der Waals surface area contributed by atoms with Crippen LogP contribution in [0.15, 0.2) is 66.7 Å². The highest BCUT2D eigenvalue weighted by Gasteiger charge is 2.37. The number of methoxy groups -OCH3 is 4. The monoisotopic (exact) mass is 641 g/mol. The maximum absolute atomic E-state index is 13.7. The third kappa shape index (κ3) is 9.00. The summed E-state index contributed by atoms with van der Waals surface area (Å²) in [6, 6.07) is 19.2. The summed E-state index contributed by atoms with van der Waals surface area (Å²) in [4.78, 5) is 25.4. The van der Waals surface area contributed by atoms with Crippen molar-refractivity contribution in [3.05, 3.63) is 83.4 Å². The highest BCUT2D eigenvalue weighted by atomic mass is 31.2. The van der Waals surface area contributed by atoms with Gasteiger partial charge in [-0.1, -0.05) is 42.5 Å². The van der Waals surface area contributed by atoms with E-state index in [1.807, 2.05) is 48.5 Å². The van der Waals surface area contributed by atoms with Crippen LogP contribution in [0.4, 0.5) is 0 Å². The van der Waals surface area contributed by atoms with Crippen molar-refractivity contribution >= 4 is 19.5 Å². The second-order valence-electron chi connectivity index (χ2n) is 10.7. The minimum atomic E-state index is -3.75. The Morgan fingerprint density at radius 3 is 2.13 bits per heavy atom. The number of nitrogens with one attached hydrogen (secondary N) is 1. The molecule has 1 aliphatic rings. The second kappa shape index (κ2) is 15.8. The van der Waals surface area contributed by atoms with Crippen LogP contribution in [0.25, 0.3) is 0 Å². The second-order valence-corrected chi connectivity index (χ2v) is 12.8. The van der Waals surface area contributed by atoms with Crippen LogP contribution in [0, 0.1) is 11.8 Å². The van der Waals surface area contributed by atoms with E-state index in [2.05, 4.69) is 5.09 Å². The van der Waals surface area contributed by atoms with Crippen LogP contribution in [-0.2, 0) is 47.8 Å². The van der Waals surface area contributed by atoms with E-state index >= 15 is 0 Å². The summed E-state index contributed by atoms with van der Waals surface area (Å²) in [5, 5.41) is 2.75. The topological polar surface area (TPSA) is 128 Å². The molecule has 45 heavy (non-hydrogen) atoms. The largest absolute Gasteiger partial charge is 0.493 e. The molecule has 1 fully saturated rings. The smallest absolute Gasteiger partial charge is 0.342 e. The van der Waals surface area contributed by atoms with Crippen LogP contribution >= 0.6 is 7.52 Å². The standard InChI is InChI=1S/C33H40NO10P/c1-22(32(35)42-19-23-9-7-6-8-10-23)34-45(37,21-38-2)44-29-14-12-25(18-31(29)41-5)16-27-26(20-43-33(27)36)15-24-11-13-28(39-3)30(17-24)40-4/h6-14,17-18,22,26-27H,15-16,19-21H2,1-5H3,(H,34,37)/t22?,26-,27+,45?/m0/s1. The maximum Gasteiger partial charge on any atom is 0.342 e. The first-order valence-corrected chi connectivity index (χ1v) is 16.3. The molecule has 1 N–H and O–H groups in total. The van der Waals surface area contributed by atoms with E-state index < -0.39 is 19.5 Å². The van der Waals surface area contributed by atoms with E-state index in [0.29, 0.717) is 36.7 Å². The first kappa shape index (κ1) is 33.8. The molecule has 242 valence electrons. The Balaban J connectivity index is 1.43. The van der Waals surface area contributed by atoms with Crippen molar-refractivity contribution in [1.29, 1.82) is 0 Å². The van der Waals surface area contributed by atoms with Gasteiger partial charge in [-0.2, -0.15) is 0 Å². The first-order valence-electron chi connectivity index (χ1n) is 14.5. The minimum absolute atomic E-state index is 0.0493. The zero-order valence-corrected chi connectivity index (χ0v) is 27.0. The lowest BCUT2D eigenvalue weighted by atomic mass is 9.85. The Labute approximate surface area is 263 Å². The highest BCUT2D eigenvalue weighted by molar-refractivity contribution is 7.57. The van der Waals surface area contributed by atoms with Crippen molar-refractivity contribution in [1.82, 2.24) is 5.09 Å². The molecule has 11 nitrogen and oxygen atoms in total. The molecular weight excluding hydrogens is 601 g/mol. The van der Waals surface area contributed by atoms with Crippen LogP contribution in [-0.4, -0.2) is 59.4 Å². The van der Waals surface area contributed by atoms with E-state index in [0.717, 1.165) is 16.7 Å². The van der Waals surface area contributed by atoms with Gasteiger partial charge < -0.3 is 32.9 Å². The summed E-state index contributed by atoms with van der Waals surface area (Å²) in [6.07, 6.45) is 0.721. The average Bonchev–Trinajstić information content (AvgIpc) is 3.38. The van der Waals surface area contributed by atoms with Gasteiger partial charge in [0, 0.05) is 13.0 Å². The van der Waals surface area contributed by atoms with Crippen LogP contribution in [0.3, 0.4) is 0 Å². The van der Waals surface area contributed by atoms with E-state index in [1.54, 1.807) is 39.3 Å². The number of carbonyl (C=O) groups is 2. The van der Waals surface area contributed by atoms with Crippen molar-refractivity contribution in [2.45, 2.75) is 32.4 Å². The molecule has 0 radical (unpaired) electrons. The molecule has 12 heteroatoms. The van der Waals surface area contributed by atoms with Crippen molar-refractivity contribution in [2.24, 2.45) is 11.8 Å². The van der Waals surface area contributed by atoms with Crippen molar-refractivity contribution < 1.29 is 47.1 Å². The Hall–Kier alpha value is -4.05. The lowest BCUT2D eigenvalue weighted by molar-refractivity contribution is -0.146. The van der Waals surface area contributed by atoms with E-state index in [1.165, 1.54) is 14.2 Å². The van der Waals surface area contributed by atoms with Crippen molar-refractivity contribution in [3.63, 3.8) is 0 Å². The zero-order valence-electron chi connectivity index (χ0n) is 26.1. The molecule has 0 aliphatic carbocycles. The highest BCUT2D eigenvalue weighted by Crippen LogP contribution is 2.47. The number of hydrogen-bond donors (Lipinski definition) is 1. The Bertz CT molecular complexity index is 1500. The number of cyclic esters (lactones) is 1. The minimum Gasteiger partial charge on any atom is -0.493 e. The lowest BCUT2D eigenvalue weighted by Gasteiger charge is -2.24. The molecule has 0 bridgehead atoms. The van der Waals surface area contributed by atoms with Gasteiger partial charge in [-0.15, -0.1) is 0 Å². The summed E-state index contributed by atoms with van der Waals surface area (Å²) in [5.41, 5.74) is 2.65. The van der Waals surface area contributed by atoms with Crippen LogP contribution in [0.2, 0.25) is 0 Å². The third-order valence-electron chi connectivity index (χ3n) is 7.45. The van der Waals surface area contributed by atoms with Gasteiger partial charge in [-0.05, 0) is 60.7 Å². The number of carbonyl (C=O) groups excluding carboxylic acids is 2. The van der Waals surface area contributed by atoms with Crippen molar-refractivity contribution in [3.8, 4) is 23.0 Å². The fourth-order valence-corrected chi connectivity index (χ4v) is 6.84. The molecule has 0 saturated carbocycles. The average molecular weight is 642 g/mol. The van der Waals surface area contributed by atoms with Gasteiger partial charge in [-0.3, -0.25) is 14.2 Å². The van der Waals surface area contributed by atoms with E-state index in [9.17, 15) is 14.2 Å². The fourth-order valence-electron chi connectivity index (χ4n) is 5.15. The molecule has 3 aromatic carbocycles. The van der Waals surface area contributed by atoms with E-state index in [4.69, 9.17) is 32.9 Å². The normalized spacial score (nSPS) is 17.9. The quantitative estimate of drug-likeness (QED) is 0.164. The SMILES string of the molecule is COCP(=O)(NC(C)C(=O)OCc1ccccc1)Oc1ccc(C[C@H]2C(=O)OC[C@@H]2Cc2ccc(OC)c(OC)c2)cc1OC. The lowest BCUT2D eigenvalue weighted by Crippen LogP contribution is -2.35. The Kier molecular flexibility index (Phi) is 11.9. The third-order valence-corrected chi connectivity index (χ3v) is 9.32. The van der Waals surface area contributed by atoms with Crippen molar-refractivity contribution in [2.75, 3.05) is 41.4 Å². The summed E-state index contributed by atoms with van der Waals surface area (Å²) in [7, 11) is 2.27. The molecule has 4 rings (SSSR count). The number of rotatable bonds is 16. The first-order chi connectivity index (χ1) is 21.7. The molecule has 3 aromatic rings. The van der Waals surface area contributed by atoms with Crippen LogP contribution < -0.4 is 23.8 Å². The van der Waals surface area contributed by atoms with Gasteiger partial charge >= 0.3 is 19.5 Å². The fraction of sp³-hybridized carbons (Fsp3) is 0.394. The van der Waals surface area contributed by atoms with Gasteiger partial charge in [0.15, 0.2) is 23.0 Å². The molecule has 1 heterocycles. The number of esters is 2. The van der Waals surface area contributed by atoms with Gasteiger partial charge in [0.2, 0.25) is 0 Å². The predicted molar refractivity (Wildman–Crippen MR) is 167 cm³/mol. The molecule has 4 atom stereocenters. The zero-order chi connectivity index (χ0) is 32.4. The molecule has 0 aromatic heterocycles.